The number of nitrogens with one attached hydrogen (secondary N) is 2. The molecule has 0 bridgehead atoms. The van der Waals surface area contributed by atoms with E-state index in [2.05, 4.69) is 10.6 Å². The third kappa shape index (κ3) is 6.18. The van der Waals surface area contributed by atoms with Crippen LogP contribution >= 0.6 is 23.2 Å². The first kappa shape index (κ1) is 26.4. The molecule has 0 aromatic heterocycles. The van der Waals surface area contributed by atoms with Gasteiger partial charge in [0.05, 0.1) is 30.5 Å². The zero-order chi connectivity index (χ0) is 26.4. The van der Waals surface area contributed by atoms with Gasteiger partial charge in [-0.05, 0) is 49.2 Å². The van der Waals surface area contributed by atoms with Crippen molar-refractivity contribution < 1.29 is 23.8 Å². The monoisotopic (exact) mass is 540 g/mol. The summed E-state index contributed by atoms with van der Waals surface area (Å²) in [6.07, 6.45) is 0. The third-order valence-electron chi connectivity index (χ3n) is 5.63. The van der Waals surface area contributed by atoms with E-state index in [4.69, 9.17) is 37.4 Å². The average Bonchev–Trinajstić information content (AvgIpc) is 2.89. The van der Waals surface area contributed by atoms with Gasteiger partial charge in [0.25, 0.3) is 0 Å². The van der Waals surface area contributed by atoms with Crippen LogP contribution in [0.25, 0.3) is 5.70 Å². The Morgan fingerprint density at radius 2 is 1.70 bits per heavy atom. The van der Waals surface area contributed by atoms with Crippen molar-refractivity contribution in [2.24, 2.45) is 0 Å². The molecule has 7 nitrogen and oxygen atoms in total. The van der Waals surface area contributed by atoms with Crippen molar-refractivity contribution in [3.8, 4) is 11.5 Å². The summed E-state index contributed by atoms with van der Waals surface area (Å²) in [5.41, 5.74) is 2.77. The number of carbonyl (C=O) groups is 2. The van der Waals surface area contributed by atoms with Crippen LogP contribution in [0.1, 0.15) is 36.6 Å². The van der Waals surface area contributed by atoms with Gasteiger partial charge in [-0.25, -0.2) is 9.59 Å². The normalized spacial score (nSPS) is 15.0. The van der Waals surface area contributed by atoms with Gasteiger partial charge in [0.1, 0.15) is 6.61 Å². The van der Waals surface area contributed by atoms with Gasteiger partial charge in [-0.2, -0.15) is 0 Å². The second-order valence-corrected chi connectivity index (χ2v) is 8.91. The summed E-state index contributed by atoms with van der Waals surface area (Å²) in [7, 11) is 0. The number of hydrogen-bond donors (Lipinski definition) is 2. The molecule has 1 atom stereocenters. The highest BCUT2D eigenvalue weighted by atomic mass is 35.5. The first-order valence-electron chi connectivity index (χ1n) is 11.8. The summed E-state index contributed by atoms with van der Waals surface area (Å²) < 4.78 is 17.2. The van der Waals surface area contributed by atoms with E-state index in [-0.39, 0.29) is 18.8 Å². The van der Waals surface area contributed by atoms with Crippen LogP contribution in [-0.4, -0.2) is 25.2 Å². The van der Waals surface area contributed by atoms with Gasteiger partial charge in [0.2, 0.25) is 0 Å². The van der Waals surface area contributed by atoms with Crippen LogP contribution < -0.4 is 20.1 Å². The predicted octanol–water partition coefficient (Wildman–Crippen LogP) is 6.30. The van der Waals surface area contributed by atoms with Crippen molar-refractivity contribution in [1.29, 1.82) is 0 Å². The van der Waals surface area contributed by atoms with Gasteiger partial charge in [-0.15, -0.1) is 0 Å². The second-order valence-electron chi connectivity index (χ2n) is 8.07. The van der Waals surface area contributed by atoms with Gasteiger partial charge in [0.15, 0.2) is 11.5 Å². The zero-order valence-corrected chi connectivity index (χ0v) is 21.9. The average molecular weight is 541 g/mol. The number of ether oxygens (including phenoxy) is 3. The zero-order valence-electron chi connectivity index (χ0n) is 20.3. The largest absolute Gasteiger partial charge is 0.490 e. The molecule has 37 heavy (non-hydrogen) atoms. The minimum Gasteiger partial charge on any atom is -0.490 e. The lowest BCUT2D eigenvalue weighted by molar-refractivity contribution is -0.138. The number of halogens is 2. The molecule has 0 fully saturated rings. The fourth-order valence-electron chi connectivity index (χ4n) is 3.96. The highest BCUT2D eigenvalue weighted by molar-refractivity contribution is 6.35. The van der Waals surface area contributed by atoms with Gasteiger partial charge in [-0.1, -0.05) is 65.7 Å². The van der Waals surface area contributed by atoms with E-state index in [9.17, 15) is 9.59 Å². The first-order valence-corrected chi connectivity index (χ1v) is 12.5. The van der Waals surface area contributed by atoms with Crippen LogP contribution in [0.2, 0.25) is 10.0 Å². The summed E-state index contributed by atoms with van der Waals surface area (Å²) >= 11 is 12.3. The van der Waals surface area contributed by atoms with Crippen molar-refractivity contribution in [3.05, 3.63) is 99.0 Å². The molecule has 9 heteroatoms. The van der Waals surface area contributed by atoms with Crippen molar-refractivity contribution in [2.75, 3.05) is 13.2 Å². The molecule has 0 saturated carbocycles. The fourth-order valence-corrected chi connectivity index (χ4v) is 4.42. The van der Waals surface area contributed by atoms with E-state index in [0.29, 0.717) is 45.0 Å². The SMILES string of the molecule is CCOC(=O)C1=C(c2ccccc2)NC(=O)N[C@H]1c1ccc(OCc2ccc(Cl)cc2Cl)c(OCC)c1. The minimum atomic E-state index is -0.776. The molecular formula is C28H26Cl2N2O5. The number of urea groups is 1. The molecule has 0 saturated heterocycles. The van der Waals surface area contributed by atoms with Gasteiger partial charge in [0, 0.05) is 15.6 Å². The lowest BCUT2D eigenvalue weighted by atomic mass is 9.92. The molecule has 0 unspecified atom stereocenters. The molecule has 2 amide bonds. The molecule has 4 rings (SSSR count). The van der Waals surface area contributed by atoms with E-state index >= 15 is 0 Å². The number of hydrogen-bond acceptors (Lipinski definition) is 5. The molecule has 2 N–H and O–H groups in total. The predicted molar refractivity (Wildman–Crippen MR) is 143 cm³/mol. The molecule has 1 aliphatic rings. The molecule has 3 aromatic rings. The second kappa shape index (κ2) is 12.0. The summed E-state index contributed by atoms with van der Waals surface area (Å²) in [5, 5.41) is 6.65. The maximum Gasteiger partial charge on any atom is 0.338 e. The van der Waals surface area contributed by atoms with Crippen LogP contribution in [0.4, 0.5) is 4.79 Å². The van der Waals surface area contributed by atoms with E-state index in [1.807, 2.05) is 37.3 Å². The number of benzene rings is 3. The highest BCUT2D eigenvalue weighted by Gasteiger charge is 2.34. The Morgan fingerprint density at radius 3 is 2.41 bits per heavy atom. The van der Waals surface area contributed by atoms with Crippen LogP contribution in [0, 0.1) is 0 Å². The lowest BCUT2D eigenvalue weighted by Gasteiger charge is -2.30. The van der Waals surface area contributed by atoms with Crippen molar-refractivity contribution in [3.63, 3.8) is 0 Å². The molecule has 192 valence electrons. The first-order chi connectivity index (χ1) is 17.9. The minimum absolute atomic E-state index is 0.190. The topological polar surface area (TPSA) is 85.9 Å². The molecule has 0 radical (unpaired) electrons. The quantitative estimate of drug-likeness (QED) is 0.311. The van der Waals surface area contributed by atoms with Crippen molar-refractivity contribution >= 4 is 40.9 Å². The summed E-state index contributed by atoms with van der Waals surface area (Å²) in [4.78, 5) is 25.8. The fraction of sp³-hybridized carbons (Fsp3) is 0.214. The van der Waals surface area contributed by atoms with Gasteiger partial charge >= 0.3 is 12.0 Å². The number of esters is 1. The Labute approximate surface area is 225 Å². The van der Waals surface area contributed by atoms with Crippen LogP contribution in [0.3, 0.4) is 0 Å². The van der Waals surface area contributed by atoms with E-state index in [1.165, 1.54) is 0 Å². The Bertz CT molecular complexity index is 1330. The van der Waals surface area contributed by atoms with E-state index < -0.39 is 18.0 Å². The number of amides is 2. The van der Waals surface area contributed by atoms with Gasteiger partial charge in [-0.3, -0.25) is 0 Å². The smallest absolute Gasteiger partial charge is 0.338 e. The third-order valence-corrected chi connectivity index (χ3v) is 6.22. The summed E-state index contributed by atoms with van der Waals surface area (Å²) in [5.74, 6) is 0.415. The lowest BCUT2D eigenvalue weighted by Crippen LogP contribution is -2.45. The van der Waals surface area contributed by atoms with E-state index in [0.717, 1.165) is 5.56 Å². The van der Waals surface area contributed by atoms with E-state index in [1.54, 1.807) is 43.3 Å². The summed E-state index contributed by atoms with van der Waals surface area (Å²) in [6, 6.07) is 18.4. The molecule has 0 spiro atoms. The maximum absolute atomic E-state index is 13.1. The standard InChI is InChI=1S/C28H26Cl2N2O5/c1-3-35-23-14-18(11-13-22(23)37-16-19-10-12-20(29)15-21(19)30)26-24(27(33)36-4-2)25(31-28(34)32-26)17-8-6-5-7-9-17/h5-15,26H,3-4,16H2,1-2H3,(H2,31,32,34)/t26-/m0/s1. The number of carbonyl (C=O) groups excluding carboxylic acids is 2. The molecule has 1 aliphatic heterocycles. The maximum atomic E-state index is 13.1. The van der Waals surface area contributed by atoms with Crippen molar-refractivity contribution in [1.82, 2.24) is 10.6 Å². The highest BCUT2D eigenvalue weighted by Crippen LogP contribution is 2.37. The van der Waals surface area contributed by atoms with Crippen LogP contribution in [-0.2, 0) is 16.1 Å². The molecular weight excluding hydrogens is 515 g/mol. The molecule has 3 aromatic carbocycles. The van der Waals surface area contributed by atoms with Crippen LogP contribution in [0.5, 0.6) is 11.5 Å². The Hall–Kier alpha value is -3.68. The number of rotatable bonds is 9. The molecule has 0 aliphatic carbocycles. The van der Waals surface area contributed by atoms with Crippen LogP contribution in [0.15, 0.2) is 72.3 Å². The van der Waals surface area contributed by atoms with Gasteiger partial charge < -0.3 is 24.8 Å². The Kier molecular flexibility index (Phi) is 8.58. The Balaban J connectivity index is 1.72. The van der Waals surface area contributed by atoms with Crippen molar-refractivity contribution in [2.45, 2.75) is 26.5 Å². The Morgan fingerprint density at radius 1 is 0.919 bits per heavy atom. The molecule has 1 heterocycles. The summed E-state index contributed by atoms with van der Waals surface area (Å²) in [6.45, 7) is 4.36.